The average Bonchev–Trinajstić information content (AvgIpc) is 2.56. The van der Waals surface area contributed by atoms with Gasteiger partial charge < -0.3 is 0 Å². The number of hydrogen-bond donors (Lipinski definition) is 0. The fourth-order valence-corrected chi connectivity index (χ4v) is 2.79. The van der Waals surface area contributed by atoms with Gasteiger partial charge in [-0.05, 0) is 35.3 Å². The third-order valence-corrected chi connectivity index (χ3v) is 3.57. The Balaban J connectivity index is 2.78. The lowest BCUT2D eigenvalue weighted by Gasteiger charge is -2.14. The van der Waals surface area contributed by atoms with E-state index in [1.807, 2.05) is 4.52 Å². The quantitative estimate of drug-likeness (QED) is 0.804. The van der Waals surface area contributed by atoms with Gasteiger partial charge in [0.25, 0.3) is 0 Å². The number of halogens is 1. The second kappa shape index (κ2) is 4.09. The summed E-state index contributed by atoms with van der Waals surface area (Å²) >= 11 is 3.64. The molecule has 4 heteroatoms. The van der Waals surface area contributed by atoms with Crippen LogP contribution in [-0.4, -0.2) is 14.6 Å². The first-order valence-electron chi connectivity index (χ1n) is 5.90. The van der Waals surface area contributed by atoms with E-state index in [1.165, 1.54) is 0 Å². The Bertz CT molecular complexity index is 564. The molecule has 0 amide bonds. The monoisotopic (exact) mass is 295 g/mol. The molecule has 2 heterocycles. The van der Waals surface area contributed by atoms with Crippen molar-refractivity contribution in [2.75, 3.05) is 0 Å². The van der Waals surface area contributed by atoms with Crippen molar-refractivity contribution < 1.29 is 0 Å². The van der Waals surface area contributed by atoms with E-state index in [2.05, 4.69) is 66.7 Å². The SMILES string of the molecule is CCc1cc(C)n2nc(C(C)(C)C)c(Br)c2n1. The van der Waals surface area contributed by atoms with Crippen LogP contribution >= 0.6 is 15.9 Å². The highest BCUT2D eigenvalue weighted by Gasteiger charge is 2.24. The van der Waals surface area contributed by atoms with Gasteiger partial charge in [-0.3, -0.25) is 0 Å². The van der Waals surface area contributed by atoms with E-state index in [0.717, 1.165) is 33.6 Å². The van der Waals surface area contributed by atoms with Crippen LogP contribution < -0.4 is 0 Å². The van der Waals surface area contributed by atoms with Gasteiger partial charge in [0.05, 0.1) is 10.2 Å². The molecule has 0 spiro atoms. The summed E-state index contributed by atoms with van der Waals surface area (Å²) in [5, 5.41) is 4.67. The second-order valence-electron chi connectivity index (χ2n) is 5.39. The number of rotatable bonds is 1. The van der Waals surface area contributed by atoms with Crippen LogP contribution in [0.2, 0.25) is 0 Å². The fraction of sp³-hybridized carbons (Fsp3) is 0.538. The van der Waals surface area contributed by atoms with E-state index in [-0.39, 0.29) is 5.41 Å². The van der Waals surface area contributed by atoms with Crippen molar-refractivity contribution in [3.05, 3.63) is 27.6 Å². The molecular weight excluding hydrogens is 278 g/mol. The Hall–Kier alpha value is -0.900. The molecule has 0 saturated carbocycles. The molecule has 17 heavy (non-hydrogen) atoms. The van der Waals surface area contributed by atoms with Crippen molar-refractivity contribution >= 4 is 21.6 Å². The van der Waals surface area contributed by atoms with Crippen molar-refractivity contribution in [2.24, 2.45) is 0 Å². The van der Waals surface area contributed by atoms with Crippen LogP contribution in [0.4, 0.5) is 0 Å². The van der Waals surface area contributed by atoms with Crippen LogP contribution in [0.15, 0.2) is 10.5 Å². The summed E-state index contributed by atoms with van der Waals surface area (Å²) in [6.07, 6.45) is 0.944. The van der Waals surface area contributed by atoms with Crippen LogP contribution in [-0.2, 0) is 11.8 Å². The van der Waals surface area contributed by atoms with Gasteiger partial charge in [-0.2, -0.15) is 5.10 Å². The van der Waals surface area contributed by atoms with Crippen LogP contribution in [0.25, 0.3) is 5.65 Å². The van der Waals surface area contributed by atoms with Gasteiger partial charge >= 0.3 is 0 Å². The molecule has 0 radical (unpaired) electrons. The molecule has 0 atom stereocenters. The molecule has 2 aromatic heterocycles. The van der Waals surface area contributed by atoms with Gasteiger partial charge in [-0.25, -0.2) is 9.50 Å². The molecule has 0 aliphatic rings. The number of fused-ring (bicyclic) bond motifs is 1. The van der Waals surface area contributed by atoms with Gasteiger partial charge in [0.1, 0.15) is 0 Å². The van der Waals surface area contributed by atoms with Crippen molar-refractivity contribution in [3.63, 3.8) is 0 Å². The maximum atomic E-state index is 4.67. The van der Waals surface area contributed by atoms with Crippen molar-refractivity contribution in [2.45, 2.75) is 46.5 Å². The van der Waals surface area contributed by atoms with Crippen LogP contribution in [0.5, 0.6) is 0 Å². The molecule has 0 saturated heterocycles. The topological polar surface area (TPSA) is 30.2 Å². The van der Waals surface area contributed by atoms with Crippen molar-refractivity contribution in [1.82, 2.24) is 14.6 Å². The Morgan fingerprint density at radius 1 is 1.35 bits per heavy atom. The first-order valence-corrected chi connectivity index (χ1v) is 6.69. The molecule has 0 aliphatic heterocycles. The summed E-state index contributed by atoms with van der Waals surface area (Å²) in [6.45, 7) is 10.7. The van der Waals surface area contributed by atoms with Crippen LogP contribution in [0, 0.1) is 6.92 Å². The molecular formula is C13H18BrN3. The van der Waals surface area contributed by atoms with E-state index >= 15 is 0 Å². The third kappa shape index (κ3) is 2.10. The van der Waals surface area contributed by atoms with E-state index in [0.29, 0.717) is 0 Å². The highest BCUT2D eigenvalue weighted by atomic mass is 79.9. The van der Waals surface area contributed by atoms with E-state index in [9.17, 15) is 0 Å². The average molecular weight is 296 g/mol. The summed E-state index contributed by atoms with van der Waals surface area (Å²) in [5.74, 6) is 0. The lowest BCUT2D eigenvalue weighted by Crippen LogP contribution is -2.12. The second-order valence-corrected chi connectivity index (χ2v) is 6.18. The van der Waals surface area contributed by atoms with Crippen LogP contribution in [0.1, 0.15) is 44.8 Å². The molecule has 2 aromatic rings. The number of hydrogen-bond acceptors (Lipinski definition) is 2. The molecule has 0 unspecified atom stereocenters. The first kappa shape index (κ1) is 12.6. The highest BCUT2D eigenvalue weighted by molar-refractivity contribution is 9.10. The smallest absolute Gasteiger partial charge is 0.170 e. The minimum Gasteiger partial charge on any atom is -0.233 e. The predicted octanol–water partition coefficient (Wildman–Crippen LogP) is 3.66. The predicted molar refractivity (Wildman–Crippen MR) is 73.5 cm³/mol. The van der Waals surface area contributed by atoms with Gasteiger partial charge in [0.2, 0.25) is 0 Å². The standard InChI is InChI=1S/C13H18BrN3/c1-6-9-7-8(2)17-12(15-9)10(14)11(16-17)13(3,4)5/h7H,6H2,1-5H3. The first-order chi connectivity index (χ1) is 7.84. The minimum atomic E-state index is 0.0192. The normalized spacial score (nSPS) is 12.4. The summed E-state index contributed by atoms with van der Waals surface area (Å²) in [7, 11) is 0. The molecule has 3 nitrogen and oxygen atoms in total. The van der Waals surface area contributed by atoms with Gasteiger partial charge in [-0.15, -0.1) is 0 Å². The number of nitrogens with zero attached hydrogens (tertiary/aromatic N) is 3. The highest BCUT2D eigenvalue weighted by Crippen LogP contribution is 2.31. The number of aromatic nitrogens is 3. The van der Waals surface area contributed by atoms with Gasteiger partial charge in [0, 0.05) is 16.8 Å². The van der Waals surface area contributed by atoms with E-state index < -0.39 is 0 Å². The van der Waals surface area contributed by atoms with Crippen molar-refractivity contribution in [1.29, 1.82) is 0 Å². The van der Waals surface area contributed by atoms with Crippen molar-refractivity contribution in [3.8, 4) is 0 Å². The molecule has 2 rings (SSSR count). The number of aryl methyl sites for hydroxylation is 2. The van der Waals surface area contributed by atoms with Crippen LogP contribution in [0.3, 0.4) is 0 Å². The van der Waals surface area contributed by atoms with Gasteiger partial charge in [-0.1, -0.05) is 27.7 Å². The zero-order valence-corrected chi connectivity index (χ0v) is 12.6. The van der Waals surface area contributed by atoms with E-state index in [4.69, 9.17) is 0 Å². The maximum absolute atomic E-state index is 4.67. The largest absolute Gasteiger partial charge is 0.233 e. The lowest BCUT2D eigenvalue weighted by molar-refractivity contribution is 0.559. The summed E-state index contributed by atoms with van der Waals surface area (Å²) in [6, 6.07) is 2.10. The Morgan fingerprint density at radius 3 is 2.53 bits per heavy atom. The summed E-state index contributed by atoms with van der Waals surface area (Å²) in [5.41, 5.74) is 4.23. The summed E-state index contributed by atoms with van der Waals surface area (Å²) < 4.78 is 2.94. The molecule has 0 bridgehead atoms. The zero-order valence-electron chi connectivity index (χ0n) is 11.0. The lowest BCUT2D eigenvalue weighted by atomic mass is 9.92. The molecule has 0 aliphatic carbocycles. The third-order valence-electron chi connectivity index (χ3n) is 2.84. The molecule has 0 fully saturated rings. The summed E-state index contributed by atoms with van der Waals surface area (Å²) in [4.78, 5) is 4.64. The zero-order chi connectivity index (χ0) is 12.8. The van der Waals surface area contributed by atoms with Gasteiger partial charge in [0.15, 0.2) is 5.65 Å². The Labute approximate surface area is 110 Å². The molecule has 0 aromatic carbocycles. The Morgan fingerprint density at radius 2 is 2.00 bits per heavy atom. The molecule has 92 valence electrons. The minimum absolute atomic E-state index is 0.0192. The van der Waals surface area contributed by atoms with E-state index in [1.54, 1.807) is 0 Å². The molecule has 0 N–H and O–H groups in total. The maximum Gasteiger partial charge on any atom is 0.170 e. The Kier molecular flexibility index (Phi) is 3.02. The fourth-order valence-electron chi connectivity index (χ4n) is 1.86.